The van der Waals surface area contributed by atoms with Crippen LogP contribution in [-0.4, -0.2) is 30.6 Å². The van der Waals surface area contributed by atoms with Crippen molar-refractivity contribution >= 4 is 0 Å². The van der Waals surface area contributed by atoms with Crippen LogP contribution in [0.2, 0.25) is 0 Å². The van der Waals surface area contributed by atoms with Crippen LogP contribution in [0.1, 0.15) is 60.3 Å². The second-order valence-electron chi connectivity index (χ2n) is 7.71. The summed E-state index contributed by atoms with van der Waals surface area (Å²) in [7, 11) is 0. The Balaban J connectivity index is 2.57. The van der Waals surface area contributed by atoms with Gasteiger partial charge in [0.15, 0.2) is 0 Å². The highest BCUT2D eigenvalue weighted by atomic mass is 15.2. The molecule has 1 atom stereocenters. The van der Waals surface area contributed by atoms with Crippen molar-refractivity contribution in [3.8, 4) is 0 Å². The van der Waals surface area contributed by atoms with Crippen LogP contribution >= 0.6 is 0 Å². The molecule has 0 aromatic rings. The smallest absolute Gasteiger partial charge is 0.0223 e. The molecule has 1 saturated heterocycles. The molecule has 0 amide bonds. The van der Waals surface area contributed by atoms with E-state index in [0.717, 1.165) is 6.54 Å². The summed E-state index contributed by atoms with van der Waals surface area (Å²) in [6, 6.07) is 0.573. The minimum Gasteiger partial charge on any atom is -0.329 e. The Kier molecular flexibility index (Phi) is 5.03. The molecule has 1 fully saturated rings. The maximum absolute atomic E-state index is 5.99. The quantitative estimate of drug-likeness (QED) is 0.820. The highest BCUT2D eigenvalue weighted by Crippen LogP contribution is 2.32. The number of nitrogens with two attached hydrogens (primary N) is 1. The zero-order valence-electron chi connectivity index (χ0n) is 12.6. The lowest BCUT2D eigenvalue weighted by molar-refractivity contribution is 0.152. The van der Waals surface area contributed by atoms with Crippen LogP contribution in [0.25, 0.3) is 0 Å². The summed E-state index contributed by atoms with van der Waals surface area (Å²) >= 11 is 0. The zero-order chi connectivity index (χ0) is 13.1. The summed E-state index contributed by atoms with van der Waals surface area (Å²) in [5.41, 5.74) is 6.89. The molecule has 2 heteroatoms. The summed E-state index contributed by atoms with van der Waals surface area (Å²) in [5.74, 6) is 0. The van der Waals surface area contributed by atoms with Crippen molar-refractivity contribution in [3.63, 3.8) is 0 Å². The molecule has 1 rings (SSSR count). The highest BCUT2D eigenvalue weighted by molar-refractivity contribution is 4.83. The molecule has 1 aliphatic rings. The maximum Gasteiger partial charge on any atom is 0.0223 e. The van der Waals surface area contributed by atoms with Crippen molar-refractivity contribution in [1.82, 2.24) is 4.90 Å². The van der Waals surface area contributed by atoms with Crippen LogP contribution in [0.15, 0.2) is 0 Å². The molecule has 1 aliphatic heterocycles. The van der Waals surface area contributed by atoms with E-state index in [2.05, 4.69) is 39.5 Å². The molecule has 0 saturated carbocycles. The summed E-state index contributed by atoms with van der Waals surface area (Å²) in [4.78, 5) is 2.64. The molecule has 2 N–H and O–H groups in total. The Hall–Kier alpha value is -0.0800. The van der Waals surface area contributed by atoms with Gasteiger partial charge in [-0.05, 0) is 49.6 Å². The first kappa shape index (κ1) is 15.0. The van der Waals surface area contributed by atoms with Gasteiger partial charge in [-0.15, -0.1) is 0 Å². The molecule has 17 heavy (non-hydrogen) atoms. The van der Waals surface area contributed by atoms with Crippen LogP contribution in [0.4, 0.5) is 0 Å². The number of hydrogen-bond acceptors (Lipinski definition) is 2. The standard InChI is InChI=1S/C15H32N2/c1-14(2,3)11-13(12-16)17-9-6-7-15(4,5)8-10-17/h13H,6-12,16H2,1-5H3. The Morgan fingerprint density at radius 3 is 2.35 bits per heavy atom. The largest absolute Gasteiger partial charge is 0.329 e. The average molecular weight is 240 g/mol. The van der Waals surface area contributed by atoms with E-state index in [1.807, 2.05) is 0 Å². The summed E-state index contributed by atoms with van der Waals surface area (Å²) in [6.07, 6.45) is 5.21. The fourth-order valence-electron chi connectivity index (χ4n) is 2.88. The maximum atomic E-state index is 5.99. The molecular weight excluding hydrogens is 208 g/mol. The molecule has 0 aromatic carbocycles. The fourth-order valence-corrected chi connectivity index (χ4v) is 2.88. The topological polar surface area (TPSA) is 29.3 Å². The van der Waals surface area contributed by atoms with Crippen LogP contribution in [0, 0.1) is 10.8 Å². The van der Waals surface area contributed by atoms with Gasteiger partial charge in [-0.3, -0.25) is 4.90 Å². The Bertz CT molecular complexity index is 228. The second kappa shape index (κ2) is 5.71. The lowest BCUT2D eigenvalue weighted by Gasteiger charge is -2.34. The SMILES string of the molecule is CC(C)(C)CC(CN)N1CCCC(C)(C)CC1. The van der Waals surface area contributed by atoms with E-state index in [4.69, 9.17) is 5.73 Å². The van der Waals surface area contributed by atoms with Gasteiger partial charge in [0, 0.05) is 12.6 Å². The minimum atomic E-state index is 0.381. The first-order chi connectivity index (χ1) is 7.73. The molecular formula is C15H32N2. The van der Waals surface area contributed by atoms with Crippen LogP contribution in [0.5, 0.6) is 0 Å². The summed E-state index contributed by atoms with van der Waals surface area (Å²) < 4.78 is 0. The third-order valence-electron chi connectivity index (χ3n) is 4.01. The monoisotopic (exact) mass is 240 g/mol. The normalized spacial score (nSPS) is 24.4. The van der Waals surface area contributed by atoms with Gasteiger partial charge in [-0.2, -0.15) is 0 Å². The number of rotatable bonds is 3. The lowest BCUT2D eigenvalue weighted by atomic mass is 9.85. The van der Waals surface area contributed by atoms with Gasteiger partial charge in [0.05, 0.1) is 0 Å². The Morgan fingerprint density at radius 2 is 1.82 bits per heavy atom. The number of hydrogen-bond donors (Lipinski definition) is 1. The van der Waals surface area contributed by atoms with E-state index in [1.165, 1.54) is 38.8 Å². The number of likely N-dealkylation sites (tertiary alicyclic amines) is 1. The van der Waals surface area contributed by atoms with E-state index in [-0.39, 0.29) is 0 Å². The fraction of sp³-hybridized carbons (Fsp3) is 1.00. The third-order valence-corrected chi connectivity index (χ3v) is 4.01. The average Bonchev–Trinajstić information content (AvgIpc) is 2.34. The molecule has 0 bridgehead atoms. The molecule has 0 aliphatic carbocycles. The second-order valence-corrected chi connectivity index (χ2v) is 7.71. The summed E-state index contributed by atoms with van der Waals surface area (Å²) in [6.45, 7) is 15.0. The first-order valence-electron chi connectivity index (χ1n) is 7.18. The van der Waals surface area contributed by atoms with Gasteiger partial charge < -0.3 is 5.73 Å². The van der Waals surface area contributed by atoms with Gasteiger partial charge in [-0.1, -0.05) is 34.6 Å². The van der Waals surface area contributed by atoms with Gasteiger partial charge >= 0.3 is 0 Å². The van der Waals surface area contributed by atoms with Gasteiger partial charge in [0.25, 0.3) is 0 Å². The Morgan fingerprint density at radius 1 is 1.18 bits per heavy atom. The molecule has 2 nitrogen and oxygen atoms in total. The minimum absolute atomic E-state index is 0.381. The van der Waals surface area contributed by atoms with Crippen molar-refractivity contribution in [1.29, 1.82) is 0 Å². The molecule has 1 heterocycles. The predicted octanol–water partition coefficient (Wildman–Crippen LogP) is 3.26. The van der Waals surface area contributed by atoms with E-state index < -0.39 is 0 Å². The zero-order valence-corrected chi connectivity index (χ0v) is 12.6. The van der Waals surface area contributed by atoms with Crippen molar-refractivity contribution in [2.45, 2.75) is 66.3 Å². The predicted molar refractivity (Wildman–Crippen MR) is 76.1 cm³/mol. The van der Waals surface area contributed by atoms with E-state index in [0.29, 0.717) is 16.9 Å². The molecule has 0 radical (unpaired) electrons. The van der Waals surface area contributed by atoms with E-state index >= 15 is 0 Å². The van der Waals surface area contributed by atoms with Crippen LogP contribution in [0.3, 0.4) is 0 Å². The van der Waals surface area contributed by atoms with Crippen molar-refractivity contribution < 1.29 is 0 Å². The van der Waals surface area contributed by atoms with E-state index in [9.17, 15) is 0 Å². The Labute approximate surface area is 108 Å². The van der Waals surface area contributed by atoms with Gasteiger partial charge in [0.2, 0.25) is 0 Å². The van der Waals surface area contributed by atoms with Crippen molar-refractivity contribution in [2.75, 3.05) is 19.6 Å². The number of nitrogens with zero attached hydrogens (tertiary/aromatic N) is 1. The third kappa shape index (κ3) is 5.39. The van der Waals surface area contributed by atoms with Crippen molar-refractivity contribution in [3.05, 3.63) is 0 Å². The lowest BCUT2D eigenvalue weighted by Crippen LogP contribution is -2.43. The van der Waals surface area contributed by atoms with Gasteiger partial charge in [0.1, 0.15) is 0 Å². The van der Waals surface area contributed by atoms with Gasteiger partial charge in [-0.25, -0.2) is 0 Å². The molecule has 102 valence electrons. The van der Waals surface area contributed by atoms with E-state index in [1.54, 1.807) is 0 Å². The molecule has 1 unspecified atom stereocenters. The van der Waals surface area contributed by atoms with Crippen LogP contribution in [-0.2, 0) is 0 Å². The highest BCUT2D eigenvalue weighted by Gasteiger charge is 2.28. The van der Waals surface area contributed by atoms with Crippen LogP contribution < -0.4 is 5.73 Å². The molecule has 0 aromatic heterocycles. The van der Waals surface area contributed by atoms with Crippen molar-refractivity contribution in [2.24, 2.45) is 16.6 Å². The molecule has 0 spiro atoms. The summed E-state index contributed by atoms with van der Waals surface area (Å²) in [5, 5.41) is 0. The first-order valence-corrected chi connectivity index (χ1v) is 7.18.